The number of nitrogens with zero attached hydrogens (tertiary/aromatic N) is 1. The summed E-state index contributed by atoms with van der Waals surface area (Å²) in [4.78, 5) is 36.7. The van der Waals surface area contributed by atoms with E-state index < -0.39 is 17.8 Å². The van der Waals surface area contributed by atoms with Gasteiger partial charge in [0.1, 0.15) is 17.9 Å². The van der Waals surface area contributed by atoms with Crippen LogP contribution in [0.1, 0.15) is 21.5 Å². The lowest BCUT2D eigenvalue weighted by molar-refractivity contribution is -0.117. The molecule has 3 aromatic carbocycles. The molecule has 0 aliphatic carbocycles. The van der Waals surface area contributed by atoms with Crippen LogP contribution < -0.4 is 15.2 Å². The molecule has 7 nitrogen and oxygen atoms in total. The SMILES string of the molecule is O=C1NN(c2ccccc2)C(=O)/C1=C\c1cc(Cl)cc(Br)c1OCc1cccc(C(=O)O)c1. The molecule has 1 aliphatic rings. The molecule has 4 rings (SSSR count). The maximum absolute atomic E-state index is 12.9. The number of rotatable bonds is 6. The Morgan fingerprint density at radius 1 is 1.09 bits per heavy atom. The highest BCUT2D eigenvalue weighted by atomic mass is 79.9. The molecule has 166 valence electrons. The maximum atomic E-state index is 12.9. The van der Waals surface area contributed by atoms with Gasteiger partial charge in [-0.2, -0.15) is 0 Å². The van der Waals surface area contributed by atoms with Crippen molar-refractivity contribution in [1.29, 1.82) is 0 Å². The van der Waals surface area contributed by atoms with Gasteiger partial charge in [-0.25, -0.2) is 9.80 Å². The highest BCUT2D eigenvalue weighted by Gasteiger charge is 2.34. The molecule has 1 fully saturated rings. The van der Waals surface area contributed by atoms with Crippen molar-refractivity contribution in [2.75, 3.05) is 5.01 Å². The summed E-state index contributed by atoms with van der Waals surface area (Å²) in [5, 5.41) is 10.7. The minimum absolute atomic E-state index is 0.0633. The molecule has 0 aromatic heterocycles. The van der Waals surface area contributed by atoms with E-state index in [1.807, 2.05) is 6.07 Å². The molecule has 1 saturated heterocycles. The van der Waals surface area contributed by atoms with Crippen LogP contribution in [0.4, 0.5) is 5.69 Å². The molecule has 3 aromatic rings. The number of benzene rings is 3. The van der Waals surface area contributed by atoms with Gasteiger partial charge >= 0.3 is 5.97 Å². The summed E-state index contributed by atoms with van der Waals surface area (Å²) in [6, 6.07) is 18.3. The molecule has 1 heterocycles. The summed E-state index contributed by atoms with van der Waals surface area (Å²) in [5.74, 6) is -1.75. The zero-order valence-electron chi connectivity index (χ0n) is 16.9. The Bertz CT molecular complexity index is 1290. The molecular weight excluding hydrogens is 512 g/mol. The maximum Gasteiger partial charge on any atom is 0.335 e. The number of hydrazine groups is 1. The molecule has 2 amide bonds. The van der Waals surface area contributed by atoms with Gasteiger partial charge in [0.05, 0.1) is 15.7 Å². The third-order valence-electron chi connectivity index (χ3n) is 4.80. The predicted molar refractivity (Wildman–Crippen MR) is 127 cm³/mol. The van der Waals surface area contributed by atoms with Gasteiger partial charge in [-0.3, -0.25) is 15.0 Å². The van der Waals surface area contributed by atoms with Crippen LogP contribution in [0, 0.1) is 0 Å². The molecule has 0 unspecified atom stereocenters. The van der Waals surface area contributed by atoms with Crippen molar-refractivity contribution in [1.82, 2.24) is 5.43 Å². The number of aromatic carboxylic acids is 1. The number of amides is 2. The van der Waals surface area contributed by atoms with E-state index in [4.69, 9.17) is 16.3 Å². The number of carbonyl (C=O) groups excluding carboxylic acids is 2. The highest BCUT2D eigenvalue weighted by molar-refractivity contribution is 9.10. The highest BCUT2D eigenvalue weighted by Crippen LogP contribution is 2.35. The molecule has 0 atom stereocenters. The molecule has 0 saturated carbocycles. The quantitative estimate of drug-likeness (QED) is 0.353. The number of carboxylic acids is 1. The van der Waals surface area contributed by atoms with E-state index in [0.717, 1.165) is 0 Å². The minimum Gasteiger partial charge on any atom is -0.487 e. The average molecular weight is 528 g/mol. The Kier molecular flexibility index (Phi) is 6.48. The largest absolute Gasteiger partial charge is 0.487 e. The lowest BCUT2D eigenvalue weighted by atomic mass is 10.1. The Hall–Kier alpha value is -3.62. The standard InChI is InChI=1S/C24H16BrClN2O5/c25-20-12-17(26)10-16(21(20)33-13-14-5-4-6-15(9-14)24(31)32)11-19-22(29)27-28(23(19)30)18-7-2-1-3-8-18/h1-12H,13H2,(H,27,29)(H,31,32)/b19-11-. The smallest absolute Gasteiger partial charge is 0.335 e. The van der Waals surface area contributed by atoms with E-state index in [2.05, 4.69) is 21.4 Å². The molecule has 1 aliphatic heterocycles. The van der Waals surface area contributed by atoms with Crippen molar-refractivity contribution in [3.05, 3.63) is 98.5 Å². The predicted octanol–water partition coefficient (Wildman–Crippen LogP) is 4.84. The normalized spacial score (nSPS) is 14.5. The lowest BCUT2D eigenvalue weighted by Crippen LogP contribution is -2.35. The Morgan fingerprint density at radius 2 is 1.85 bits per heavy atom. The second-order valence-corrected chi connectivity index (χ2v) is 8.37. The number of para-hydroxylation sites is 1. The molecule has 0 radical (unpaired) electrons. The fraction of sp³-hybridized carbons (Fsp3) is 0.0417. The van der Waals surface area contributed by atoms with Crippen molar-refractivity contribution in [2.45, 2.75) is 6.61 Å². The first-order chi connectivity index (χ1) is 15.8. The van der Waals surface area contributed by atoms with Gasteiger partial charge < -0.3 is 9.84 Å². The number of ether oxygens (including phenoxy) is 1. The second-order valence-electron chi connectivity index (χ2n) is 7.08. The molecular formula is C24H16BrClN2O5. The van der Waals surface area contributed by atoms with E-state index in [1.165, 1.54) is 23.2 Å². The first-order valence-electron chi connectivity index (χ1n) is 9.70. The van der Waals surface area contributed by atoms with Crippen LogP contribution in [0.15, 0.2) is 76.8 Å². The van der Waals surface area contributed by atoms with Crippen molar-refractivity contribution >= 4 is 57.1 Å². The van der Waals surface area contributed by atoms with Gasteiger partial charge in [0.15, 0.2) is 0 Å². The van der Waals surface area contributed by atoms with Crippen molar-refractivity contribution < 1.29 is 24.2 Å². The molecule has 0 spiro atoms. The number of hydrogen-bond acceptors (Lipinski definition) is 4. The Morgan fingerprint density at radius 3 is 2.58 bits per heavy atom. The summed E-state index contributed by atoms with van der Waals surface area (Å²) < 4.78 is 6.45. The second kappa shape index (κ2) is 9.48. The summed E-state index contributed by atoms with van der Waals surface area (Å²) in [6.07, 6.45) is 1.42. The van der Waals surface area contributed by atoms with Crippen LogP contribution in [-0.2, 0) is 16.2 Å². The van der Waals surface area contributed by atoms with Gasteiger partial charge in [0.25, 0.3) is 11.8 Å². The van der Waals surface area contributed by atoms with Crippen LogP contribution in [0.25, 0.3) is 6.08 Å². The van der Waals surface area contributed by atoms with E-state index in [0.29, 0.717) is 32.1 Å². The third kappa shape index (κ3) is 4.92. The lowest BCUT2D eigenvalue weighted by Gasteiger charge is -2.14. The number of hydrogen-bond donors (Lipinski definition) is 2. The van der Waals surface area contributed by atoms with E-state index in [-0.39, 0.29) is 17.7 Å². The summed E-state index contributed by atoms with van der Waals surface area (Å²) in [6.45, 7) is 0.0633. The van der Waals surface area contributed by atoms with Gasteiger partial charge in [-0.15, -0.1) is 0 Å². The Balaban J connectivity index is 1.65. The van der Waals surface area contributed by atoms with Gasteiger partial charge in [-0.05, 0) is 64.0 Å². The molecule has 9 heteroatoms. The Labute approximate surface area is 202 Å². The zero-order chi connectivity index (χ0) is 23.5. The van der Waals surface area contributed by atoms with Crippen LogP contribution in [-0.4, -0.2) is 22.9 Å². The molecule has 33 heavy (non-hydrogen) atoms. The van der Waals surface area contributed by atoms with E-state index in [9.17, 15) is 19.5 Å². The number of halogens is 2. The minimum atomic E-state index is -1.04. The topological polar surface area (TPSA) is 95.9 Å². The van der Waals surface area contributed by atoms with Gasteiger partial charge in [-0.1, -0.05) is 41.9 Å². The van der Waals surface area contributed by atoms with Gasteiger partial charge in [0, 0.05) is 10.6 Å². The summed E-state index contributed by atoms with van der Waals surface area (Å²) in [7, 11) is 0. The van der Waals surface area contributed by atoms with E-state index in [1.54, 1.807) is 48.5 Å². The van der Waals surface area contributed by atoms with Crippen LogP contribution in [0.5, 0.6) is 5.75 Å². The van der Waals surface area contributed by atoms with Crippen LogP contribution in [0.2, 0.25) is 5.02 Å². The fourth-order valence-corrected chi connectivity index (χ4v) is 4.21. The summed E-state index contributed by atoms with van der Waals surface area (Å²) >= 11 is 9.61. The molecule has 2 N–H and O–H groups in total. The third-order valence-corrected chi connectivity index (χ3v) is 5.61. The first kappa shape index (κ1) is 22.6. The average Bonchev–Trinajstić information content (AvgIpc) is 3.07. The summed E-state index contributed by atoms with van der Waals surface area (Å²) in [5.41, 5.74) is 4.19. The number of carboxylic acid groups (broad SMARTS) is 1. The zero-order valence-corrected chi connectivity index (χ0v) is 19.3. The number of anilines is 1. The van der Waals surface area contributed by atoms with Crippen molar-refractivity contribution in [2.24, 2.45) is 0 Å². The van der Waals surface area contributed by atoms with Crippen molar-refractivity contribution in [3.63, 3.8) is 0 Å². The first-order valence-corrected chi connectivity index (χ1v) is 10.9. The molecule has 0 bridgehead atoms. The van der Waals surface area contributed by atoms with E-state index >= 15 is 0 Å². The van der Waals surface area contributed by atoms with Crippen molar-refractivity contribution in [3.8, 4) is 5.75 Å². The number of carbonyl (C=O) groups is 3. The number of nitrogens with one attached hydrogen (secondary N) is 1. The monoisotopic (exact) mass is 526 g/mol. The van der Waals surface area contributed by atoms with Crippen LogP contribution in [0.3, 0.4) is 0 Å². The van der Waals surface area contributed by atoms with Crippen LogP contribution >= 0.6 is 27.5 Å². The fourth-order valence-electron chi connectivity index (χ4n) is 3.26. The van der Waals surface area contributed by atoms with Gasteiger partial charge in [0.2, 0.25) is 0 Å².